The normalized spacial score (nSPS) is 11.1. The molecule has 0 atom stereocenters. The van der Waals surface area contributed by atoms with Crippen molar-refractivity contribution in [2.75, 3.05) is 13.1 Å². The summed E-state index contributed by atoms with van der Waals surface area (Å²) in [6, 6.07) is 9.91. The van der Waals surface area contributed by atoms with Crippen molar-refractivity contribution in [1.29, 1.82) is 0 Å². The lowest BCUT2D eigenvalue weighted by molar-refractivity contribution is 0.492. The summed E-state index contributed by atoms with van der Waals surface area (Å²) in [5, 5.41) is 12.6. The van der Waals surface area contributed by atoms with Crippen molar-refractivity contribution in [3.05, 3.63) is 42.4 Å². The van der Waals surface area contributed by atoms with Crippen LogP contribution in [0.15, 0.2) is 40.9 Å². The van der Waals surface area contributed by atoms with E-state index in [2.05, 4.69) is 27.4 Å². The minimum atomic E-state index is 0.569. The Morgan fingerprint density at radius 1 is 1.19 bits per heavy atom. The van der Waals surface area contributed by atoms with Crippen LogP contribution in [0.3, 0.4) is 0 Å². The zero-order chi connectivity index (χ0) is 14.5. The minimum Gasteiger partial charge on any atom is -0.421 e. The topological polar surface area (TPSA) is 63.8 Å². The average Bonchev–Trinajstić information content (AvgIpc) is 3.00. The van der Waals surface area contributed by atoms with Gasteiger partial charge in [-0.05, 0) is 43.8 Å². The van der Waals surface area contributed by atoms with E-state index in [0.29, 0.717) is 11.8 Å². The van der Waals surface area contributed by atoms with E-state index in [-0.39, 0.29) is 0 Å². The van der Waals surface area contributed by atoms with Crippen LogP contribution in [0.4, 0.5) is 0 Å². The monoisotopic (exact) mass is 282 g/mol. The molecule has 0 unspecified atom stereocenters. The molecule has 0 fully saturated rings. The van der Waals surface area contributed by atoms with Crippen LogP contribution >= 0.6 is 0 Å². The molecule has 21 heavy (non-hydrogen) atoms. The number of hydrogen-bond acceptors (Lipinski definition) is 5. The van der Waals surface area contributed by atoms with E-state index >= 15 is 0 Å². The van der Waals surface area contributed by atoms with Gasteiger partial charge in [-0.3, -0.25) is 4.98 Å². The van der Waals surface area contributed by atoms with E-state index in [1.165, 1.54) is 0 Å². The first kappa shape index (κ1) is 13.7. The number of fused-ring (bicyclic) bond motifs is 1. The number of nitrogens with zero attached hydrogens (tertiary/aromatic N) is 3. The van der Waals surface area contributed by atoms with Crippen LogP contribution in [-0.4, -0.2) is 28.3 Å². The van der Waals surface area contributed by atoms with Gasteiger partial charge in [0.1, 0.15) is 0 Å². The third-order valence-corrected chi connectivity index (χ3v) is 3.31. The molecule has 0 aliphatic heterocycles. The Morgan fingerprint density at radius 2 is 2.14 bits per heavy atom. The molecule has 0 aliphatic rings. The largest absolute Gasteiger partial charge is 0.421 e. The van der Waals surface area contributed by atoms with Gasteiger partial charge in [0.15, 0.2) is 0 Å². The summed E-state index contributed by atoms with van der Waals surface area (Å²) in [6.07, 6.45) is 3.59. The molecule has 1 aromatic carbocycles. The highest BCUT2D eigenvalue weighted by molar-refractivity contribution is 5.82. The SMILES string of the molecule is CCNCCCc1nnc(-c2ccc3ncccc3c2)o1. The molecule has 3 rings (SSSR count). The first-order chi connectivity index (χ1) is 10.4. The van der Waals surface area contributed by atoms with Crippen molar-refractivity contribution in [3.63, 3.8) is 0 Å². The van der Waals surface area contributed by atoms with Gasteiger partial charge in [-0.25, -0.2) is 0 Å². The molecule has 0 saturated carbocycles. The minimum absolute atomic E-state index is 0.569. The summed E-state index contributed by atoms with van der Waals surface area (Å²) in [4.78, 5) is 4.31. The van der Waals surface area contributed by atoms with E-state index in [4.69, 9.17) is 4.42 Å². The molecule has 0 bridgehead atoms. The third-order valence-electron chi connectivity index (χ3n) is 3.31. The highest BCUT2D eigenvalue weighted by atomic mass is 16.4. The third kappa shape index (κ3) is 3.25. The Labute approximate surface area is 123 Å². The van der Waals surface area contributed by atoms with Crippen molar-refractivity contribution < 1.29 is 4.42 Å². The number of benzene rings is 1. The quantitative estimate of drug-likeness (QED) is 0.704. The smallest absolute Gasteiger partial charge is 0.247 e. The van der Waals surface area contributed by atoms with Crippen LogP contribution < -0.4 is 5.32 Å². The van der Waals surface area contributed by atoms with Crippen molar-refractivity contribution >= 4 is 10.9 Å². The molecule has 3 aromatic rings. The number of hydrogen-bond donors (Lipinski definition) is 1. The van der Waals surface area contributed by atoms with Gasteiger partial charge in [0, 0.05) is 23.6 Å². The Balaban J connectivity index is 1.75. The lowest BCUT2D eigenvalue weighted by Crippen LogP contribution is -2.14. The summed E-state index contributed by atoms with van der Waals surface area (Å²) in [7, 11) is 0. The van der Waals surface area contributed by atoms with Gasteiger partial charge in [-0.1, -0.05) is 13.0 Å². The number of pyridine rings is 1. The molecule has 1 N–H and O–H groups in total. The van der Waals surface area contributed by atoms with Crippen LogP contribution in [0.2, 0.25) is 0 Å². The zero-order valence-electron chi connectivity index (χ0n) is 12.0. The lowest BCUT2D eigenvalue weighted by Gasteiger charge is -1.99. The van der Waals surface area contributed by atoms with Crippen molar-refractivity contribution in [1.82, 2.24) is 20.5 Å². The summed E-state index contributed by atoms with van der Waals surface area (Å²) in [5.74, 6) is 1.26. The van der Waals surface area contributed by atoms with Gasteiger partial charge in [-0.15, -0.1) is 10.2 Å². The summed E-state index contributed by atoms with van der Waals surface area (Å²) in [5.41, 5.74) is 1.90. The van der Waals surface area contributed by atoms with Gasteiger partial charge in [0.2, 0.25) is 11.8 Å². The molecule has 5 nitrogen and oxygen atoms in total. The second kappa shape index (κ2) is 6.45. The molecule has 2 heterocycles. The fourth-order valence-corrected chi connectivity index (χ4v) is 2.22. The molecular weight excluding hydrogens is 264 g/mol. The van der Waals surface area contributed by atoms with Crippen LogP contribution in [0.1, 0.15) is 19.2 Å². The predicted octanol–water partition coefficient (Wildman–Crippen LogP) is 2.83. The molecule has 0 amide bonds. The van der Waals surface area contributed by atoms with Crippen LogP contribution in [-0.2, 0) is 6.42 Å². The summed E-state index contributed by atoms with van der Waals surface area (Å²) in [6.45, 7) is 4.05. The van der Waals surface area contributed by atoms with E-state index in [1.54, 1.807) is 6.20 Å². The predicted molar refractivity (Wildman–Crippen MR) is 81.9 cm³/mol. The summed E-state index contributed by atoms with van der Waals surface area (Å²) < 4.78 is 5.73. The van der Waals surface area contributed by atoms with Gasteiger partial charge >= 0.3 is 0 Å². The maximum absolute atomic E-state index is 5.73. The molecule has 0 spiro atoms. The second-order valence-electron chi connectivity index (χ2n) is 4.87. The Morgan fingerprint density at radius 3 is 3.05 bits per heavy atom. The maximum atomic E-state index is 5.73. The van der Waals surface area contributed by atoms with Gasteiger partial charge < -0.3 is 9.73 Å². The molecule has 108 valence electrons. The van der Waals surface area contributed by atoms with Crippen molar-refractivity contribution in [3.8, 4) is 11.5 Å². The molecule has 0 aliphatic carbocycles. The number of nitrogens with one attached hydrogen (secondary N) is 1. The van der Waals surface area contributed by atoms with E-state index in [1.807, 2.05) is 30.3 Å². The van der Waals surface area contributed by atoms with Gasteiger partial charge in [0.25, 0.3) is 0 Å². The molecular formula is C16H18N4O. The van der Waals surface area contributed by atoms with Crippen molar-refractivity contribution in [2.24, 2.45) is 0 Å². The van der Waals surface area contributed by atoms with Gasteiger partial charge in [0.05, 0.1) is 5.52 Å². The van der Waals surface area contributed by atoms with Crippen LogP contribution in [0.5, 0.6) is 0 Å². The molecule has 0 radical (unpaired) electrons. The maximum Gasteiger partial charge on any atom is 0.247 e. The lowest BCUT2D eigenvalue weighted by atomic mass is 10.1. The number of aryl methyl sites for hydroxylation is 1. The Bertz CT molecular complexity index is 723. The van der Waals surface area contributed by atoms with Crippen molar-refractivity contribution in [2.45, 2.75) is 19.8 Å². The Hall–Kier alpha value is -2.27. The second-order valence-corrected chi connectivity index (χ2v) is 4.87. The first-order valence-corrected chi connectivity index (χ1v) is 7.25. The highest BCUT2D eigenvalue weighted by Gasteiger charge is 2.09. The highest BCUT2D eigenvalue weighted by Crippen LogP contribution is 2.22. The standard InChI is InChI=1S/C16H18N4O/c1-2-17-9-4-6-15-19-20-16(21-15)13-7-8-14-12(11-13)5-3-10-18-14/h3,5,7-8,10-11,17H,2,4,6,9H2,1H3. The van der Waals surface area contributed by atoms with Crippen LogP contribution in [0, 0.1) is 0 Å². The van der Waals surface area contributed by atoms with E-state index in [0.717, 1.165) is 42.4 Å². The molecule has 2 aromatic heterocycles. The van der Waals surface area contributed by atoms with Crippen LogP contribution in [0.25, 0.3) is 22.4 Å². The Kier molecular flexibility index (Phi) is 4.21. The van der Waals surface area contributed by atoms with E-state index in [9.17, 15) is 0 Å². The van der Waals surface area contributed by atoms with Gasteiger partial charge in [-0.2, -0.15) is 0 Å². The first-order valence-electron chi connectivity index (χ1n) is 7.25. The molecule has 5 heteroatoms. The summed E-state index contributed by atoms with van der Waals surface area (Å²) >= 11 is 0. The molecule has 0 saturated heterocycles. The zero-order valence-corrected chi connectivity index (χ0v) is 12.0. The van der Waals surface area contributed by atoms with E-state index < -0.39 is 0 Å². The number of rotatable bonds is 6. The number of aromatic nitrogens is 3. The fourth-order valence-electron chi connectivity index (χ4n) is 2.22. The average molecular weight is 282 g/mol. The fraction of sp³-hybridized carbons (Fsp3) is 0.312.